The van der Waals surface area contributed by atoms with Crippen LogP contribution in [-0.2, 0) is 14.8 Å². The van der Waals surface area contributed by atoms with E-state index in [9.17, 15) is 13.2 Å². The van der Waals surface area contributed by atoms with Gasteiger partial charge in [-0.25, -0.2) is 8.42 Å². The standard InChI is InChI=1S/C23H27N5O3S2/c1-14-13-15(2)17(4)20(16(14)3)33(30,31)28-11-8-18(9-12-28)21(29)25-23-27-26-22(32-23)19-7-5-6-10-24-19/h5-7,10,13,18H,8-9,11-12H2,1-4H3,(H,25,27,29). The van der Waals surface area contributed by atoms with Gasteiger partial charge in [-0.3, -0.25) is 9.78 Å². The van der Waals surface area contributed by atoms with Crippen LogP contribution in [-0.4, -0.2) is 46.9 Å². The Kier molecular flexibility index (Phi) is 6.60. The Hall–Kier alpha value is -2.69. The van der Waals surface area contributed by atoms with E-state index in [4.69, 9.17) is 0 Å². The van der Waals surface area contributed by atoms with Crippen LogP contribution in [0.25, 0.3) is 10.7 Å². The van der Waals surface area contributed by atoms with E-state index in [1.54, 1.807) is 6.20 Å². The van der Waals surface area contributed by atoms with Gasteiger partial charge < -0.3 is 5.32 Å². The average molecular weight is 486 g/mol. The van der Waals surface area contributed by atoms with Crippen LogP contribution < -0.4 is 5.32 Å². The van der Waals surface area contributed by atoms with Crippen molar-refractivity contribution in [3.63, 3.8) is 0 Å². The molecule has 174 valence electrons. The van der Waals surface area contributed by atoms with Gasteiger partial charge in [-0.2, -0.15) is 4.31 Å². The minimum Gasteiger partial charge on any atom is -0.300 e. The first-order valence-corrected chi connectivity index (χ1v) is 13.1. The molecule has 0 bridgehead atoms. The SMILES string of the molecule is Cc1cc(C)c(C)c(S(=O)(=O)N2CCC(C(=O)Nc3nnc(-c4ccccn4)s3)CC2)c1C. The Morgan fingerprint density at radius 3 is 2.33 bits per heavy atom. The molecule has 1 saturated heterocycles. The second-order valence-corrected chi connectivity index (χ2v) is 11.2. The fraction of sp³-hybridized carbons (Fsp3) is 0.391. The minimum atomic E-state index is -3.63. The molecule has 2 aromatic heterocycles. The Morgan fingerprint density at radius 2 is 1.73 bits per heavy atom. The summed E-state index contributed by atoms with van der Waals surface area (Å²) in [6, 6.07) is 7.54. The van der Waals surface area contributed by atoms with Crippen LogP contribution in [0.15, 0.2) is 35.4 Å². The quantitative estimate of drug-likeness (QED) is 0.588. The number of hydrogen-bond acceptors (Lipinski definition) is 7. The van der Waals surface area contributed by atoms with Crippen molar-refractivity contribution >= 4 is 32.4 Å². The van der Waals surface area contributed by atoms with E-state index >= 15 is 0 Å². The van der Waals surface area contributed by atoms with Crippen molar-refractivity contribution in [1.29, 1.82) is 0 Å². The number of hydrogen-bond donors (Lipinski definition) is 1. The van der Waals surface area contributed by atoms with E-state index in [-0.39, 0.29) is 11.8 Å². The number of aryl methyl sites for hydroxylation is 2. The predicted molar refractivity (Wildman–Crippen MR) is 129 cm³/mol. The number of anilines is 1. The molecule has 1 aromatic carbocycles. The predicted octanol–water partition coefficient (Wildman–Crippen LogP) is 3.87. The van der Waals surface area contributed by atoms with Gasteiger partial charge >= 0.3 is 0 Å². The maximum absolute atomic E-state index is 13.4. The molecule has 1 fully saturated rings. The highest BCUT2D eigenvalue weighted by molar-refractivity contribution is 7.89. The zero-order valence-corrected chi connectivity index (χ0v) is 20.8. The number of nitrogens with one attached hydrogen (secondary N) is 1. The van der Waals surface area contributed by atoms with E-state index in [0.717, 1.165) is 22.3 Å². The van der Waals surface area contributed by atoms with Gasteiger partial charge in [0.2, 0.25) is 21.1 Å². The second kappa shape index (κ2) is 9.28. The third-order valence-electron chi connectivity index (χ3n) is 6.26. The number of pyridine rings is 1. The van der Waals surface area contributed by atoms with Gasteiger partial charge in [0.15, 0.2) is 5.01 Å². The monoisotopic (exact) mass is 485 g/mol. The van der Waals surface area contributed by atoms with Crippen molar-refractivity contribution < 1.29 is 13.2 Å². The van der Waals surface area contributed by atoms with E-state index in [0.29, 0.717) is 46.7 Å². The maximum atomic E-state index is 13.4. The van der Waals surface area contributed by atoms with Gasteiger partial charge in [-0.05, 0) is 74.9 Å². The molecule has 10 heteroatoms. The Balaban J connectivity index is 1.42. The number of benzene rings is 1. The maximum Gasteiger partial charge on any atom is 0.243 e. The van der Waals surface area contributed by atoms with Crippen molar-refractivity contribution in [2.45, 2.75) is 45.4 Å². The van der Waals surface area contributed by atoms with Crippen LogP contribution in [0.4, 0.5) is 5.13 Å². The van der Waals surface area contributed by atoms with Gasteiger partial charge in [0.25, 0.3) is 0 Å². The van der Waals surface area contributed by atoms with Gasteiger partial charge in [-0.1, -0.05) is 23.5 Å². The number of rotatable bonds is 5. The zero-order chi connectivity index (χ0) is 23.8. The molecule has 3 aromatic rings. The summed E-state index contributed by atoms with van der Waals surface area (Å²) in [7, 11) is -3.63. The molecule has 8 nitrogen and oxygen atoms in total. The molecule has 0 atom stereocenters. The summed E-state index contributed by atoms with van der Waals surface area (Å²) in [6.45, 7) is 8.20. The molecular weight excluding hydrogens is 458 g/mol. The first-order valence-electron chi connectivity index (χ1n) is 10.8. The largest absolute Gasteiger partial charge is 0.300 e. The number of piperidine rings is 1. The number of aromatic nitrogens is 3. The normalized spacial score (nSPS) is 15.5. The van der Waals surface area contributed by atoms with Crippen molar-refractivity contribution in [1.82, 2.24) is 19.5 Å². The Bertz CT molecular complexity index is 1250. The van der Waals surface area contributed by atoms with Gasteiger partial charge in [0, 0.05) is 25.2 Å². The Morgan fingerprint density at radius 1 is 1.06 bits per heavy atom. The average Bonchev–Trinajstić information content (AvgIpc) is 3.27. The second-order valence-electron chi connectivity index (χ2n) is 8.38. The Labute approximate surface area is 198 Å². The highest BCUT2D eigenvalue weighted by Gasteiger charge is 2.34. The summed E-state index contributed by atoms with van der Waals surface area (Å²) < 4.78 is 28.4. The lowest BCUT2D eigenvalue weighted by molar-refractivity contribution is -0.120. The highest BCUT2D eigenvalue weighted by Crippen LogP contribution is 2.32. The lowest BCUT2D eigenvalue weighted by Gasteiger charge is -2.31. The van der Waals surface area contributed by atoms with Gasteiger partial charge in [0.1, 0.15) is 5.69 Å². The van der Waals surface area contributed by atoms with Crippen LogP contribution >= 0.6 is 11.3 Å². The van der Waals surface area contributed by atoms with Crippen molar-refractivity contribution in [3.8, 4) is 10.7 Å². The zero-order valence-electron chi connectivity index (χ0n) is 19.1. The molecule has 0 aliphatic carbocycles. The molecule has 1 aliphatic heterocycles. The summed E-state index contributed by atoms with van der Waals surface area (Å²) in [6.07, 6.45) is 2.59. The summed E-state index contributed by atoms with van der Waals surface area (Å²) in [5.41, 5.74) is 4.21. The van der Waals surface area contributed by atoms with E-state index in [1.807, 2.05) is 52.0 Å². The lowest BCUT2D eigenvalue weighted by atomic mass is 9.97. The van der Waals surface area contributed by atoms with Gasteiger partial charge in [-0.15, -0.1) is 10.2 Å². The molecule has 1 N–H and O–H groups in total. The third-order valence-corrected chi connectivity index (χ3v) is 9.29. The summed E-state index contributed by atoms with van der Waals surface area (Å²) in [5, 5.41) is 12.0. The minimum absolute atomic E-state index is 0.158. The first-order chi connectivity index (χ1) is 15.7. The van der Waals surface area contributed by atoms with E-state index in [2.05, 4.69) is 20.5 Å². The number of carbonyl (C=O) groups is 1. The molecule has 33 heavy (non-hydrogen) atoms. The summed E-state index contributed by atoms with van der Waals surface area (Å²) in [5.74, 6) is -0.436. The molecule has 0 spiro atoms. The van der Waals surface area contributed by atoms with Crippen molar-refractivity contribution in [3.05, 3.63) is 52.7 Å². The molecule has 0 saturated carbocycles. The van der Waals surface area contributed by atoms with E-state index < -0.39 is 10.0 Å². The van der Waals surface area contributed by atoms with Crippen LogP contribution in [0.1, 0.15) is 35.1 Å². The first kappa shape index (κ1) is 23.5. The number of carbonyl (C=O) groups excluding carboxylic acids is 1. The van der Waals surface area contributed by atoms with Crippen LogP contribution in [0.2, 0.25) is 0 Å². The molecular formula is C23H27N5O3S2. The van der Waals surface area contributed by atoms with Crippen LogP contribution in [0.3, 0.4) is 0 Å². The highest BCUT2D eigenvalue weighted by atomic mass is 32.2. The molecule has 1 aliphatic rings. The molecule has 0 unspecified atom stereocenters. The van der Waals surface area contributed by atoms with Crippen molar-refractivity contribution in [2.75, 3.05) is 18.4 Å². The molecule has 0 radical (unpaired) electrons. The molecule has 3 heterocycles. The van der Waals surface area contributed by atoms with Crippen LogP contribution in [0, 0.1) is 33.6 Å². The van der Waals surface area contributed by atoms with Crippen molar-refractivity contribution in [2.24, 2.45) is 5.92 Å². The summed E-state index contributed by atoms with van der Waals surface area (Å²) in [4.78, 5) is 17.4. The fourth-order valence-corrected chi connectivity index (χ4v) is 6.90. The number of amides is 1. The fourth-order valence-electron chi connectivity index (χ4n) is 4.13. The lowest BCUT2D eigenvalue weighted by Crippen LogP contribution is -2.41. The van der Waals surface area contributed by atoms with E-state index in [1.165, 1.54) is 15.6 Å². The molecule has 4 rings (SSSR count). The van der Waals surface area contributed by atoms with Crippen LogP contribution in [0.5, 0.6) is 0 Å². The van der Waals surface area contributed by atoms with Gasteiger partial charge in [0.05, 0.1) is 4.90 Å². The molecule has 1 amide bonds. The topological polar surface area (TPSA) is 105 Å². The summed E-state index contributed by atoms with van der Waals surface area (Å²) >= 11 is 1.26. The third kappa shape index (κ3) is 4.68. The number of nitrogens with zero attached hydrogens (tertiary/aromatic N) is 4. The smallest absolute Gasteiger partial charge is 0.243 e. The number of sulfonamides is 1.